The third-order valence-electron chi connectivity index (χ3n) is 7.22. The van der Waals surface area contributed by atoms with Gasteiger partial charge in [-0.15, -0.1) is 0 Å². The van der Waals surface area contributed by atoms with Crippen LogP contribution in [0.3, 0.4) is 0 Å². The molecule has 200 valence electrons. The second-order valence-corrected chi connectivity index (χ2v) is 11.5. The van der Waals surface area contributed by atoms with Crippen LogP contribution < -0.4 is 10.6 Å². The van der Waals surface area contributed by atoms with Crippen LogP contribution in [0.2, 0.25) is 0 Å². The summed E-state index contributed by atoms with van der Waals surface area (Å²) in [6, 6.07) is 16.1. The Bertz CT molecular complexity index is 1020. The van der Waals surface area contributed by atoms with Gasteiger partial charge in [0.25, 0.3) is 0 Å². The van der Waals surface area contributed by atoms with Gasteiger partial charge in [-0.2, -0.15) is 0 Å². The molecule has 1 heterocycles. The molecule has 1 aromatic carbocycles. The molecule has 2 N–H and O–H groups in total. The van der Waals surface area contributed by atoms with E-state index < -0.39 is 5.60 Å². The monoisotopic (exact) mass is 505 g/mol. The van der Waals surface area contributed by atoms with E-state index in [4.69, 9.17) is 9.47 Å². The molecule has 2 aromatic rings. The summed E-state index contributed by atoms with van der Waals surface area (Å²) in [5.74, 6) is 0.250. The maximum absolute atomic E-state index is 12.2. The molecule has 2 atom stereocenters. The summed E-state index contributed by atoms with van der Waals surface area (Å²) in [6.45, 7) is 7.12. The fourth-order valence-corrected chi connectivity index (χ4v) is 5.15. The van der Waals surface area contributed by atoms with E-state index in [1.807, 2.05) is 26.8 Å². The number of hydrogen-bond donors (Lipinski definition) is 2. The first kappa shape index (κ1) is 27.5. The maximum atomic E-state index is 12.2. The van der Waals surface area contributed by atoms with Crippen LogP contribution in [0, 0.1) is 5.92 Å². The lowest BCUT2D eigenvalue weighted by molar-refractivity contribution is 0.00628. The zero-order valence-corrected chi connectivity index (χ0v) is 22.8. The van der Waals surface area contributed by atoms with Gasteiger partial charge in [0.2, 0.25) is 0 Å². The number of rotatable bonds is 11. The van der Waals surface area contributed by atoms with Crippen LogP contribution >= 0.6 is 0 Å². The summed E-state index contributed by atoms with van der Waals surface area (Å²) in [7, 11) is 1.78. The largest absolute Gasteiger partial charge is 0.455 e. The number of nitrogens with zero attached hydrogens (tertiary/aromatic N) is 1. The second kappa shape index (κ2) is 12.8. The molecule has 2 saturated carbocycles. The minimum Gasteiger partial charge on any atom is -0.455 e. The van der Waals surface area contributed by atoms with Crippen molar-refractivity contribution in [3.63, 3.8) is 0 Å². The first-order chi connectivity index (χ1) is 17.8. The molecule has 0 saturated heterocycles. The molecule has 1 aromatic heterocycles. The van der Waals surface area contributed by atoms with Crippen LogP contribution in [0.25, 0.3) is 6.08 Å². The van der Waals surface area contributed by atoms with Crippen molar-refractivity contribution in [3.05, 3.63) is 71.1 Å². The molecule has 0 bridgehead atoms. The molecule has 4 rings (SSSR count). The quantitative estimate of drug-likeness (QED) is 0.391. The Kier molecular flexibility index (Phi) is 9.52. The number of hydrogen-bond acceptors (Lipinski definition) is 6. The Balaban J connectivity index is 1.18. The highest BCUT2D eigenvalue weighted by Crippen LogP contribution is 2.41. The number of carbonyl (C=O) groups excluding carboxylic acids is 1. The van der Waals surface area contributed by atoms with E-state index in [1.54, 1.807) is 19.4 Å². The Morgan fingerprint density at radius 1 is 1.05 bits per heavy atom. The maximum Gasteiger partial charge on any atom is 0.357 e. The van der Waals surface area contributed by atoms with Crippen molar-refractivity contribution in [1.82, 2.24) is 15.6 Å². The van der Waals surface area contributed by atoms with Crippen molar-refractivity contribution in [3.8, 4) is 0 Å². The van der Waals surface area contributed by atoms with Gasteiger partial charge in [0.1, 0.15) is 11.3 Å². The third kappa shape index (κ3) is 8.77. The molecule has 6 nitrogen and oxygen atoms in total. The highest BCUT2D eigenvalue weighted by Gasteiger charge is 2.40. The molecule has 2 fully saturated rings. The van der Waals surface area contributed by atoms with E-state index in [9.17, 15) is 4.79 Å². The van der Waals surface area contributed by atoms with Gasteiger partial charge in [-0.1, -0.05) is 48.0 Å². The van der Waals surface area contributed by atoms with Crippen LogP contribution in [0.5, 0.6) is 0 Å². The Morgan fingerprint density at radius 2 is 1.78 bits per heavy atom. The fraction of sp³-hybridized carbons (Fsp3) is 0.548. The smallest absolute Gasteiger partial charge is 0.357 e. The van der Waals surface area contributed by atoms with Gasteiger partial charge < -0.3 is 20.1 Å². The summed E-state index contributed by atoms with van der Waals surface area (Å²) in [4.78, 5) is 16.5. The molecule has 37 heavy (non-hydrogen) atoms. The third-order valence-corrected chi connectivity index (χ3v) is 7.22. The predicted molar refractivity (Wildman–Crippen MR) is 148 cm³/mol. The van der Waals surface area contributed by atoms with E-state index in [0.717, 1.165) is 25.1 Å². The van der Waals surface area contributed by atoms with Crippen LogP contribution in [0.1, 0.15) is 80.9 Å². The average molecular weight is 506 g/mol. The predicted octanol–water partition coefficient (Wildman–Crippen LogP) is 5.54. The SMILES string of the molecule is COCCC(=Cc1ccccc1)C1CC1NC1CCC(NCc2ccc(C(=O)OC(C)(C)C)nc2)CC1. The van der Waals surface area contributed by atoms with Crippen molar-refractivity contribution in [2.75, 3.05) is 13.7 Å². The van der Waals surface area contributed by atoms with E-state index in [-0.39, 0.29) is 5.97 Å². The van der Waals surface area contributed by atoms with Crippen LogP contribution in [0.4, 0.5) is 0 Å². The topological polar surface area (TPSA) is 72.5 Å². The second-order valence-electron chi connectivity index (χ2n) is 11.5. The Hall–Kier alpha value is -2.54. The molecule has 0 spiro atoms. The average Bonchev–Trinajstić information content (AvgIpc) is 3.65. The van der Waals surface area contributed by atoms with Crippen molar-refractivity contribution < 1.29 is 14.3 Å². The highest BCUT2D eigenvalue weighted by atomic mass is 16.6. The molecule has 0 radical (unpaired) electrons. The minimum atomic E-state index is -0.516. The molecule has 2 aliphatic carbocycles. The molecule has 6 heteroatoms. The molecule has 2 unspecified atom stereocenters. The number of benzene rings is 1. The number of pyridine rings is 1. The lowest BCUT2D eigenvalue weighted by Crippen LogP contribution is -2.40. The highest BCUT2D eigenvalue weighted by molar-refractivity contribution is 5.87. The molecular weight excluding hydrogens is 462 g/mol. The number of nitrogens with one attached hydrogen (secondary N) is 2. The zero-order valence-electron chi connectivity index (χ0n) is 22.8. The zero-order chi connectivity index (χ0) is 26.3. The number of esters is 1. The van der Waals surface area contributed by atoms with Gasteiger partial charge in [0.15, 0.2) is 0 Å². The first-order valence-electron chi connectivity index (χ1n) is 13.7. The van der Waals surface area contributed by atoms with E-state index >= 15 is 0 Å². The number of methoxy groups -OCH3 is 1. The fourth-order valence-electron chi connectivity index (χ4n) is 5.15. The number of ether oxygens (including phenoxy) is 2. The van der Waals surface area contributed by atoms with E-state index in [1.165, 1.54) is 43.2 Å². The van der Waals surface area contributed by atoms with E-state index in [0.29, 0.717) is 29.7 Å². The number of carbonyl (C=O) groups is 1. The van der Waals surface area contributed by atoms with Gasteiger partial charge in [-0.05, 0) is 82.4 Å². The Morgan fingerprint density at radius 3 is 2.43 bits per heavy atom. The van der Waals surface area contributed by atoms with Crippen molar-refractivity contribution >= 4 is 12.0 Å². The van der Waals surface area contributed by atoms with Gasteiger partial charge in [0.05, 0.1) is 0 Å². The van der Waals surface area contributed by atoms with Crippen molar-refractivity contribution in [2.45, 2.75) is 89.6 Å². The van der Waals surface area contributed by atoms with Gasteiger partial charge >= 0.3 is 5.97 Å². The van der Waals surface area contributed by atoms with E-state index in [2.05, 4.69) is 52.0 Å². The summed E-state index contributed by atoms with van der Waals surface area (Å²) in [6.07, 6.45) is 11.1. The molecular formula is C31H43N3O3. The summed E-state index contributed by atoms with van der Waals surface area (Å²) in [5.41, 5.74) is 3.71. The van der Waals surface area contributed by atoms with Crippen molar-refractivity contribution in [1.29, 1.82) is 0 Å². The Labute approximate surface area is 222 Å². The van der Waals surface area contributed by atoms with Gasteiger partial charge in [-0.3, -0.25) is 0 Å². The lowest BCUT2D eigenvalue weighted by Gasteiger charge is -2.30. The normalized spacial score (nSPS) is 24.1. The number of aromatic nitrogens is 1. The van der Waals surface area contributed by atoms with Crippen LogP contribution in [-0.2, 0) is 16.0 Å². The molecule has 0 amide bonds. The summed E-state index contributed by atoms with van der Waals surface area (Å²) in [5, 5.41) is 7.63. The first-order valence-corrected chi connectivity index (χ1v) is 13.7. The van der Waals surface area contributed by atoms with Crippen molar-refractivity contribution in [2.24, 2.45) is 5.92 Å². The lowest BCUT2D eigenvalue weighted by atomic mass is 9.91. The van der Waals surface area contributed by atoms with Crippen LogP contribution in [0.15, 0.2) is 54.2 Å². The van der Waals surface area contributed by atoms with Crippen LogP contribution in [-0.4, -0.2) is 48.4 Å². The standard InChI is InChI=1S/C31H43N3O3/c1-31(2,3)37-30(35)28-15-10-23(21-33-28)20-32-25-11-13-26(14-12-25)34-29-19-27(29)24(16-17-36-4)18-22-8-6-5-7-9-22/h5-10,15,18,21,25-27,29,32,34H,11-14,16-17,19-20H2,1-4H3. The molecule has 2 aliphatic rings. The molecule has 0 aliphatic heterocycles. The van der Waals surface area contributed by atoms with Gasteiger partial charge in [-0.25, -0.2) is 9.78 Å². The van der Waals surface area contributed by atoms with Gasteiger partial charge in [0, 0.05) is 44.6 Å². The summed E-state index contributed by atoms with van der Waals surface area (Å²) < 4.78 is 10.8. The minimum absolute atomic E-state index is 0.354. The summed E-state index contributed by atoms with van der Waals surface area (Å²) >= 11 is 0.